The minimum atomic E-state index is -0.556. The minimum absolute atomic E-state index is 0.116. The molecular formula is C22H16ClN3O5. The molecular weight excluding hydrogens is 422 g/mol. The fourth-order valence-corrected chi connectivity index (χ4v) is 3.10. The third-order valence-corrected chi connectivity index (χ3v) is 4.76. The maximum Gasteiger partial charge on any atom is 0.271 e. The van der Waals surface area contributed by atoms with E-state index in [0.29, 0.717) is 22.7 Å². The molecule has 0 unspecified atom stereocenters. The lowest BCUT2D eigenvalue weighted by molar-refractivity contribution is 0.0847. The van der Waals surface area contributed by atoms with Crippen molar-refractivity contribution < 1.29 is 23.9 Å². The quantitative estimate of drug-likeness (QED) is 0.542. The van der Waals surface area contributed by atoms with Crippen molar-refractivity contribution in [3.8, 4) is 11.5 Å². The summed E-state index contributed by atoms with van der Waals surface area (Å²) in [6.45, 7) is 0.116. The number of benzene rings is 3. The summed E-state index contributed by atoms with van der Waals surface area (Å²) in [6.07, 6.45) is 0. The van der Waals surface area contributed by atoms with Crippen LogP contribution in [-0.4, -0.2) is 24.5 Å². The molecule has 9 heteroatoms. The number of hydrazine groups is 1. The van der Waals surface area contributed by atoms with Gasteiger partial charge in [-0.25, -0.2) is 0 Å². The van der Waals surface area contributed by atoms with E-state index in [1.807, 2.05) is 0 Å². The minimum Gasteiger partial charge on any atom is -0.454 e. The van der Waals surface area contributed by atoms with Gasteiger partial charge in [-0.1, -0.05) is 29.8 Å². The van der Waals surface area contributed by atoms with Gasteiger partial charge in [0.2, 0.25) is 6.79 Å². The third kappa shape index (κ3) is 4.59. The summed E-state index contributed by atoms with van der Waals surface area (Å²) in [5.74, 6) is -0.405. The molecule has 0 aromatic heterocycles. The molecule has 1 heterocycles. The van der Waals surface area contributed by atoms with Crippen molar-refractivity contribution in [2.75, 3.05) is 12.1 Å². The Labute approximate surface area is 182 Å². The maximum atomic E-state index is 12.5. The van der Waals surface area contributed by atoms with Gasteiger partial charge in [-0.15, -0.1) is 0 Å². The van der Waals surface area contributed by atoms with Crippen LogP contribution in [0.4, 0.5) is 5.69 Å². The second kappa shape index (κ2) is 8.76. The molecule has 3 aromatic carbocycles. The van der Waals surface area contributed by atoms with E-state index in [1.54, 1.807) is 54.6 Å². The zero-order valence-corrected chi connectivity index (χ0v) is 16.7. The van der Waals surface area contributed by atoms with Crippen molar-refractivity contribution in [2.24, 2.45) is 0 Å². The van der Waals surface area contributed by atoms with Gasteiger partial charge in [-0.2, -0.15) is 0 Å². The summed E-state index contributed by atoms with van der Waals surface area (Å²) in [6, 6.07) is 17.6. The fourth-order valence-electron chi connectivity index (χ4n) is 2.88. The van der Waals surface area contributed by atoms with Gasteiger partial charge < -0.3 is 14.8 Å². The van der Waals surface area contributed by atoms with Crippen molar-refractivity contribution in [3.05, 3.63) is 88.4 Å². The van der Waals surface area contributed by atoms with Crippen LogP contribution in [0.2, 0.25) is 5.02 Å². The molecule has 0 atom stereocenters. The lowest BCUT2D eigenvalue weighted by Crippen LogP contribution is -2.41. The zero-order chi connectivity index (χ0) is 21.8. The molecule has 3 amide bonds. The van der Waals surface area contributed by atoms with E-state index in [4.69, 9.17) is 21.1 Å². The first-order valence-electron chi connectivity index (χ1n) is 9.17. The van der Waals surface area contributed by atoms with Crippen molar-refractivity contribution >= 4 is 35.0 Å². The van der Waals surface area contributed by atoms with Gasteiger partial charge in [0.15, 0.2) is 11.5 Å². The molecule has 156 valence electrons. The number of ether oxygens (including phenoxy) is 2. The Balaban J connectivity index is 1.39. The summed E-state index contributed by atoms with van der Waals surface area (Å²) in [5, 5.41) is 2.99. The normalized spacial score (nSPS) is 11.5. The molecule has 1 aliphatic rings. The van der Waals surface area contributed by atoms with Crippen LogP contribution < -0.4 is 25.6 Å². The van der Waals surface area contributed by atoms with E-state index in [1.165, 1.54) is 12.1 Å². The predicted molar refractivity (Wildman–Crippen MR) is 113 cm³/mol. The maximum absolute atomic E-state index is 12.5. The van der Waals surface area contributed by atoms with E-state index < -0.39 is 11.8 Å². The lowest BCUT2D eigenvalue weighted by Gasteiger charge is -2.10. The molecule has 0 aliphatic carbocycles. The SMILES string of the molecule is O=C(NNC(=O)c1ccccc1Cl)c1cccc(NC(=O)c2ccc3c(c2)OCO3)c1. The van der Waals surface area contributed by atoms with Crippen LogP contribution in [0.25, 0.3) is 0 Å². The molecule has 1 aliphatic heterocycles. The van der Waals surface area contributed by atoms with Crippen LogP contribution in [-0.2, 0) is 0 Å². The largest absolute Gasteiger partial charge is 0.454 e. The molecule has 0 bridgehead atoms. The molecule has 31 heavy (non-hydrogen) atoms. The van der Waals surface area contributed by atoms with Crippen LogP contribution in [0.15, 0.2) is 66.7 Å². The Hall–Kier alpha value is -4.04. The standard InChI is InChI=1S/C22H16ClN3O5/c23-17-7-2-1-6-16(17)22(29)26-25-21(28)13-4-3-5-15(10-13)24-20(27)14-8-9-18-19(11-14)31-12-30-18/h1-11H,12H2,(H,24,27)(H,25,28)(H,26,29). The highest BCUT2D eigenvalue weighted by Gasteiger charge is 2.17. The first-order chi connectivity index (χ1) is 15.0. The number of hydrogen-bond donors (Lipinski definition) is 3. The van der Waals surface area contributed by atoms with Gasteiger partial charge in [-0.3, -0.25) is 25.2 Å². The fraction of sp³-hybridized carbons (Fsp3) is 0.0455. The molecule has 3 N–H and O–H groups in total. The number of hydrogen-bond acceptors (Lipinski definition) is 5. The Morgan fingerprint density at radius 3 is 2.32 bits per heavy atom. The first-order valence-corrected chi connectivity index (χ1v) is 9.55. The zero-order valence-electron chi connectivity index (χ0n) is 16.0. The number of halogens is 1. The number of anilines is 1. The second-order valence-electron chi connectivity index (χ2n) is 6.49. The van der Waals surface area contributed by atoms with Crippen LogP contribution >= 0.6 is 11.6 Å². The second-order valence-corrected chi connectivity index (χ2v) is 6.90. The molecule has 3 aromatic rings. The number of fused-ring (bicyclic) bond motifs is 1. The van der Waals surface area contributed by atoms with Gasteiger partial charge >= 0.3 is 0 Å². The van der Waals surface area contributed by atoms with Crippen LogP contribution in [0.3, 0.4) is 0 Å². The predicted octanol–water partition coefficient (Wildman–Crippen LogP) is 3.40. The molecule has 4 rings (SSSR count). The summed E-state index contributed by atoms with van der Waals surface area (Å²) >= 11 is 5.97. The van der Waals surface area contributed by atoms with Gasteiger partial charge in [0, 0.05) is 16.8 Å². The summed E-state index contributed by atoms with van der Waals surface area (Å²) in [4.78, 5) is 37.1. The Morgan fingerprint density at radius 1 is 0.742 bits per heavy atom. The highest BCUT2D eigenvalue weighted by Crippen LogP contribution is 2.32. The average Bonchev–Trinajstić information content (AvgIpc) is 3.25. The lowest BCUT2D eigenvalue weighted by atomic mass is 10.1. The molecule has 0 saturated heterocycles. The van der Waals surface area contributed by atoms with E-state index >= 15 is 0 Å². The van der Waals surface area contributed by atoms with Gasteiger partial charge in [0.1, 0.15) is 0 Å². The molecule has 0 radical (unpaired) electrons. The van der Waals surface area contributed by atoms with E-state index in [-0.39, 0.29) is 28.8 Å². The molecule has 8 nitrogen and oxygen atoms in total. The van der Waals surface area contributed by atoms with E-state index in [9.17, 15) is 14.4 Å². The summed E-state index contributed by atoms with van der Waals surface area (Å²) in [7, 11) is 0. The smallest absolute Gasteiger partial charge is 0.271 e. The van der Waals surface area contributed by atoms with E-state index in [2.05, 4.69) is 16.2 Å². The Kier molecular flexibility index (Phi) is 5.72. The molecule has 0 spiro atoms. The van der Waals surface area contributed by atoms with Gasteiger partial charge in [0.25, 0.3) is 17.7 Å². The van der Waals surface area contributed by atoms with Crippen molar-refractivity contribution in [1.82, 2.24) is 10.9 Å². The van der Waals surface area contributed by atoms with Crippen LogP contribution in [0.1, 0.15) is 31.1 Å². The monoisotopic (exact) mass is 437 g/mol. The van der Waals surface area contributed by atoms with Crippen LogP contribution in [0, 0.1) is 0 Å². The topological polar surface area (TPSA) is 106 Å². The van der Waals surface area contributed by atoms with Crippen molar-refractivity contribution in [2.45, 2.75) is 0 Å². The number of amides is 3. The van der Waals surface area contributed by atoms with Crippen LogP contribution in [0.5, 0.6) is 11.5 Å². The summed E-state index contributed by atoms with van der Waals surface area (Å²) < 4.78 is 10.5. The molecule has 0 saturated carbocycles. The number of nitrogens with one attached hydrogen (secondary N) is 3. The Bertz CT molecular complexity index is 1180. The summed E-state index contributed by atoms with van der Waals surface area (Å²) in [5.41, 5.74) is 5.90. The first kappa shape index (κ1) is 20.2. The highest BCUT2D eigenvalue weighted by atomic mass is 35.5. The van der Waals surface area contributed by atoms with Crippen molar-refractivity contribution in [3.63, 3.8) is 0 Å². The average molecular weight is 438 g/mol. The number of carbonyl (C=O) groups excluding carboxylic acids is 3. The van der Waals surface area contributed by atoms with Gasteiger partial charge in [-0.05, 0) is 48.5 Å². The third-order valence-electron chi connectivity index (χ3n) is 4.43. The molecule has 0 fully saturated rings. The number of rotatable bonds is 4. The van der Waals surface area contributed by atoms with E-state index in [0.717, 1.165) is 0 Å². The van der Waals surface area contributed by atoms with Gasteiger partial charge in [0.05, 0.1) is 10.6 Å². The Morgan fingerprint density at radius 2 is 1.48 bits per heavy atom. The highest BCUT2D eigenvalue weighted by molar-refractivity contribution is 6.33. The number of carbonyl (C=O) groups is 3. The van der Waals surface area contributed by atoms with Crippen molar-refractivity contribution in [1.29, 1.82) is 0 Å².